The molecule has 184 valence electrons. The van der Waals surface area contributed by atoms with Gasteiger partial charge in [0, 0.05) is 25.4 Å². The van der Waals surface area contributed by atoms with Gasteiger partial charge in [-0.05, 0) is 43.4 Å². The van der Waals surface area contributed by atoms with Crippen molar-refractivity contribution in [2.45, 2.75) is 59.7 Å². The molecule has 0 spiro atoms. The molecule has 2 heterocycles. The Balaban J connectivity index is 1.85. The second kappa shape index (κ2) is 9.56. The first-order chi connectivity index (χ1) is 16.6. The second-order valence-electron chi connectivity index (χ2n) is 10.0. The molecule has 1 aliphatic rings. The monoisotopic (exact) mass is 474 g/mol. The molecule has 0 unspecified atom stereocenters. The predicted octanol–water partition coefficient (Wildman–Crippen LogP) is 4.49. The number of aryl methyl sites for hydroxylation is 1. The van der Waals surface area contributed by atoms with Gasteiger partial charge in [0.25, 0.3) is 5.91 Å². The van der Waals surface area contributed by atoms with Crippen LogP contribution in [0.25, 0.3) is 10.9 Å². The Labute approximate surface area is 206 Å². The van der Waals surface area contributed by atoms with Gasteiger partial charge in [-0.25, -0.2) is 0 Å². The van der Waals surface area contributed by atoms with Gasteiger partial charge in [-0.3, -0.25) is 14.4 Å². The van der Waals surface area contributed by atoms with Crippen LogP contribution in [0.4, 0.5) is 5.69 Å². The van der Waals surface area contributed by atoms with Gasteiger partial charge in [-0.15, -0.1) is 0 Å². The quantitative estimate of drug-likeness (QED) is 0.529. The van der Waals surface area contributed by atoms with Gasteiger partial charge in [0.15, 0.2) is 0 Å². The number of fused-ring (bicyclic) bond motifs is 3. The normalized spacial score (nSPS) is 17.5. The standard InChI is InChI=1S/C28H34N4O3/c1-18(2)14-15-29-27(35)28(5)17-31-23-13-9-8-12-22(23)24(30-20(4)33)25(31)26(34)32(28)16-21-11-7-6-10-19(21)3/h6-13,18H,14-17H2,1-5H3,(H,29,35)(H,30,33)/t28-/m1/s1. The van der Waals surface area contributed by atoms with Crippen LogP contribution in [0.15, 0.2) is 48.5 Å². The number of carbonyl (C=O) groups excluding carboxylic acids is 3. The molecule has 3 amide bonds. The summed E-state index contributed by atoms with van der Waals surface area (Å²) in [5.41, 5.74) is 2.64. The van der Waals surface area contributed by atoms with Gasteiger partial charge >= 0.3 is 0 Å². The van der Waals surface area contributed by atoms with Crippen molar-refractivity contribution in [2.24, 2.45) is 5.92 Å². The van der Waals surface area contributed by atoms with Gasteiger partial charge in [0.05, 0.1) is 17.7 Å². The Morgan fingerprint density at radius 1 is 1.09 bits per heavy atom. The summed E-state index contributed by atoms with van der Waals surface area (Å²) in [6, 6.07) is 15.5. The van der Waals surface area contributed by atoms with Crippen LogP contribution in [0.2, 0.25) is 0 Å². The zero-order chi connectivity index (χ0) is 25.3. The highest BCUT2D eigenvalue weighted by atomic mass is 16.2. The first-order valence-electron chi connectivity index (χ1n) is 12.2. The summed E-state index contributed by atoms with van der Waals surface area (Å²) in [7, 11) is 0. The van der Waals surface area contributed by atoms with E-state index in [1.54, 1.807) is 4.90 Å². The van der Waals surface area contributed by atoms with Crippen LogP contribution in [0, 0.1) is 12.8 Å². The van der Waals surface area contributed by atoms with Crippen molar-refractivity contribution < 1.29 is 14.4 Å². The third-order valence-electron chi connectivity index (χ3n) is 6.87. The second-order valence-corrected chi connectivity index (χ2v) is 10.0. The van der Waals surface area contributed by atoms with Gasteiger partial charge in [-0.1, -0.05) is 56.3 Å². The van der Waals surface area contributed by atoms with E-state index in [0.29, 0.717) is 30.4 Å². The molecule has 0 aliphatic carbocycles. The van der Waals surface area contributed by atoms with Gasteiger partial charge in [-0.2, -0.15) is 0 Å². The van der Waals surface area contributed by atoms with Crippen LogP contribution in [0.5, 0.6) is 0 Å². The molecule has 35 heavy (non-hydrogen) atoms. The third kappa shape index (κ3) is 4.55. The largest absolute Gasteiger partial charge is 0.354 e. The van der Waals surface area contributed by atoms with E-state index in [2.05, 4.69) is 24.5 Å². The number of hydrogen-bond donors (Lipinski definition) is 2. The maximum Gasteiger partial charge on any atom is 0.273 e. The van der Waals surface area contributed by atoms with Gasteiger partial charge in [0.1, 0.15) is 11.2 Å². The number of rotatable bonds is 7. The van der Waals surface area contributed by atoms with Crippen molar-refractivity contribution in [1.82, 2.24) is 14.8 Å². The summed E-state index contributed by atoms with van der Waals surface area (Å²) in [4.78, 5) is 41.6. The van der Waals surface area contributed by atoms with E-state index in [9.17, 15) is 14.4 Å². The molecule has 2 aromatic carbocycles. The average molecular weight is 475 g/mol. The zero-order valence-corrected chi connectivity index (χ0v) is 21.1. The number of nitrogens with one attached hydrogen (secondary N) is 2. The van der Waals surface area contributed by atoms with Crippen LogP contribution >= 0.6 is 0 Å². The lowest BCUT2D eigenvalue weighted by atomic mass is 9.93. The number of hydrogen-bond acceptors (Lipinski definition) is 3. The molecule has 0 saturated heterocycles. The van der Waals surface area contributed by atoms with Crippen LogP contribution in [0.1, 0.15) is 55.7 Å². The minimum Gasteiger partial charge on any atom is -0.354 e. The highest BCUT2D eigenvalue weighted by Crippen LogP contribution is 2.39. The van der Waals surface area contributed by atoms with E-state index in [0.717, 1.165) is 28.5 Å². The molecule has 0 bridgehead atoms. The molecule has 0 saturated carbocycles. The minimum absolute atomic E-state index is 0.176. The minimum atomic E-state index is -1.11. The van der Waals surface area contributed by atoms with E-state index >= 15 is 0 Å². The topological polar surface area (TPSA) is 83.4 Å². The van der Waals surface area contributed by atoms with Gasteiger partial charge in [0.2, 0.25) is 11.8 Å². The number of benzene rings is 2. The molecule has 0 radical (unpaired) electrons. The van der Waals surface area contributed by atoms with E-state index in [1.807, 2.05) is 66.9 Å². The molecule has 4 rings (SSSR count). The van der Waals surface area contributed by atoms with Crippen LogP contribution < -0.4 is 10.6 Å². The average Bonchev–Trinajstić information content (AvgIpc) is 3.10. The van der Waals surface area contributed by atoms with Crippen molar-refractivity contribution in [3.8, 4) is 0 Å². The number of para-hydroxylation sites is 1. The van der Waals surface area contributed by atoms with Gasteiger partial charge < -0.3 is 20.1 Å². The molecule has 1 atom stereocenters. The lowest BCUT2D eigenvalue weighted by Crippen LogP contribution is -2.63. The molecule has 2 N–H and O–H groups in total. The number of anilines is 1. The molecular weight excluding hydrogens is 440 g/mol. The lowest BCUT2D eigenvalue weighted by Gasteiger charge is -2.44. The number of amides is 3. The predicted molar refractivity (Wildman–Crippen MR) is 138 cm³/mol. The number of nitrogens with zero attached hydrogens (tertiary/aromatic N) is 2. The fourth-order valence-corrected chi connectivity index (χ4v) is 4.80. The maximum atomic E-state index is 14.2. The smallest absolute Gasteiger partial charge is 0.273 e. The Morgan fingerprint density at radius 2 is 1.77 bits per heavy atom. The van der Waals surface area contributed by atoms with Crippen LogP contribution in [-0.4, -0.2) is 39.3 Å². The fourth-order valence-electron chi connectivity index (χ4n) is 4.80. The maximum absolute atomic E-state index is 14.2. The summed E-state index contributed by atoms with van der Waals surface area (Å²) in [6.45, 7) is 10.6. The number of carbonyl (C=O) groups is 3. The van der Waals surface area contributed by atoms with Crippen molar-refractivity contribution in [3.05, 3.63) is 65.4 Å². The van der Waals surface area contributed by atoms with Crippen molar-refractivity contribution in [1.29, 1.82) is 0 Å². The first kappa shape index (κ1) is 24.5. The molecule has 1 aliphatic heterocycles. The summed E-state index contributed by atoms with van der Waals surface area (Å²) >= 11 is 0. The lowest BCUT2D eigenvalue weighted by molar-refractivity contribution is -0.133. The van der Waals surface area contributed by atoms with E-state index < -0.39 is 5.54 Å². The molecule has 7 heteroatoms. The van der Waals surface area contributed by atoms with Crippen LogP contribution in [0.3, 0.4) is 0 Å². The third-order valence-corrected chi connectivity index (χ3v) is 6.87. The molecule has 3 aromatic rings. The Kier molecular flexibility index (Phi) is 6.70. The highest BCUT2D eigenvalue weighted by Gasteiger charge is 2.49. The molecule has 1 aromatic heterocycles. The Morgan fingerprint density at radius 3 is 2.46 bits per heavy atom. The summed E-state index contributed by atoms with van der Waals surface area (Å²) < 4.78 is 1.89. The zero-order valence-electron chi connectivity index (χ0n) is 21.1. The van der Waals surface area contributed by atoms with E-state index in [1.165, 1.54) is 6.92 Å². The number of aromatic nitrogens is 1. The van der Waals surface area contributed by atoms with E-state index in [4.69, 9.17) is 0 Å². The Hall–Kier alpha value is -3.61. The fraction of sp³-hybridized carbons (Fsp3) is 0.393. The van der Waals surface area contributed by atoms with Crippen LogP contribution in [-0.2, 0) is 22.7 Å². The summed E-state index contributed by atoms with van der Waals surface area (Å²) in [5.74, 6) is -0.243. The summed E-state index contributed by atoms with van der Waals surface area (Å²) in [5, 5.41) is 6.74. The molecule has 7 nitrogen and oxygen atoms in total. The van der Waals surface area contributed by atoms with Crippen molar-refractivity contribution >= 4 is 34.3 Å². The van der Waals surface area contributed by atoms with E-state index in [-0.39, 0.29) is 24.3 Å². The first-order valence-corrected chi connectivity index (χ1v) is 12.2. The summed E-state index contributed by atoms with van der Waals surface area (Å²) in [6.07, 6.45) is 0.859. The Bertz CT molecular complexity index is 1290. The van der Waals surface area contributed by atoms with Crippen molar-refractivity contribution in [3.63, 3.8) is 0 Å². The van der Waals surface area contributed by atoms with Crippen molar-refractivity contribution in [2.75, 3.05) is 11.9 Å². The highest BCUT2D eigenvalue weighted by molar-refractivity contribution is 6.14. The molecular formula is C28H34N4O3. The SMILES string of the molecule is CC(=O)Nc1c2n(c3ccccc13)C[C@](C)(C(=O)NCCC(C)C)N(Cc1ccccc1C)C2=O. The molecule has 0 fully saturated rings.